The number of nitrogens with two attached hydrogens (primary N) is 1. The third kappa shape index (κ3) is 3.89. The molecule has 4 N–H and O–H groups in total. The van der Waals surface area contributed by atoms with Crippen LogP contribution in [0.3, 0.4) is 0 Å². The number of carbonyl (C=O) groups excluding carboxylic acids is 3. The predicted molar refractivity (Wildman–Crippen MR) is 104 cm³/mol. The first-order chi connectivity index (χ1) is 13.8. The molecule has 0 unspecified atom stereocenters. The summed E-state index contributed by atoms with van der Waals surface area (Å²) >= 11 is 2.40. The summed E-state index contributed by atoms with van der Waals surface area (Å²) in [6.07, 6.45) is 1.90. The number of carboxylic acid groups (broad SMARTS) is 1. The Kier molecular flexibility index (Phi) is 6.63. The summed E-state index contributed by atoms with van der Waals surface area (Å²) in [6, 6.07) is -0.967. The van der Waals surface area contributed by atoms with Crippen LogP contribution in [0.5, 0.6) is 0 Å². The summed E-state index contributed by atoms with van der Waals surface area (Å²) in [5.41, 5.74) is 6.28. The van der Waals surface area contributed by atoms with Gasteiger partial charge in [-0.3, -0.25) is 14.5 Å². The Balaban J connectivity index is 0.00000256. The van der Waals surface area contributed by atoms with E-state index < -0.39 is 29.2 Å². The molecule has 1 saturated carbocycles. The minimum atomic E-state index is -1.44. The first-order valence-corrected chi connectivity index (χ1v) is 10.6. The molecule has 2 aliphatic heterocycles. The molecule has 10 nitrogen and oxygen atoms in total. The van der Waals surface area contributed by atoms with Gasteiger partial charge in [0.15, 0.2) is 10.8 Å². The molecule has 1 aromatic rings. The predicted octanol–water partition coefficient (Wildman–Crippen LogP) is -3.72. The molecule has 1 saturated heterocycles. The number of carbonyl (C=O) groups is 3. The molecule has 0 aromatic carbocycles. The molecule has 0 radical (unpaired) electrons. The van der Waals surface area contributed by atoms with E-state index in [2.05, 4.69) is 22.0 Å². The van der Waals surface area contributed by atoms with Crippen molar-refractivity contribution in [1.29, 1.82) is 0 Å². The molecular formula is C17H16N5NaO5S2. The van der Waals surface area contributed by atoms with Gasteiger partial charge in [0.25, 0.3) is 11.8 Å². The zero-order chi connectivity index (χ0) is 20.9. The smallest absolute Gasteiger partial charge is 0.543 e. The van der Waals surface area contributed by atoms with Crippen molar-refractivity contribution >= 4 is 51.7 Å². The van der Waals surface area contributed by atoms with E-state index in [1.165, 1.54) is 17.1 Å². The standard InChI is InChI=1S/C17H17N5O5S2.Na/c1-6(7-2-3-7)8-4-28-15-11(14(24)22(15)12(8)16(25)26)20-13(23)10(21-27)9-5-29-17(18)19-9;/h5,7,11,15,27H,1-4H2,(H2,18,19)(H,20,23)(H,25,26);/q;+1/p-1/b21-10-;/t11-,15-;/m1./s1. The van der Waals surface area contributed by atoms with Gasteiger partial charge >= 0.3 is 29.6 Å². The van der Waals surface area contributed by atoms with Gasteiger partial charge in [-0.25, -0.2) is 4.98 Å². The van der Waals surface area contributed by atoms with Gasteiger partial charge in [-0.2, -0.15) is 0 Å². The molecule has 4 rings (SSSR count). The van der Waals surface area contributed by atoms with E-state index >= 15 is 0 Å². The molecule has 0 bridgehead atoms. The molecule has 2 fully saturated rings. The fourth-order valence-corrected chi connectivity index (χ4v) is 5.29. The maximum atomic E-state index is 12.7. The van der Waals surface area contributed by atoms with E-state index in [-0.39, 0.29) is 57.7 Å². The van der Waals surface area contributed by atoms with Crippen LogP contribution in [-0.4, -0.2) is 55.8 Å². The number of allylic oxidation sites excluding steroid dienone is 1. The van der Waals surface area contributed by atoms with Crippen LogP contribution in [0.2, 0.25) is 0 Å². The van der Waals surface area contributed by atoms with E-state index in [1.807, 2.05) is 0 Å². The van der Waals surface area contributed by atoms with E-state index in [0.29, 0.717) is 11.3 Å². The number of thiazole rings is 1. The number of aromatic nitrogens is 1. The number of hydrogen-bond donors (Lipinski definition) is 3. The maximum absolute atomic E-state index is 12.7. The van der Waals surface area contributed by atoms with Gasteiger partial charge in [0.1, 0.15) is 17.1 Å². The van der Waals surface area contributed by atoms with E-state index in [4.69, 9.17) is 5.73 Å². The molecule has 13 heteroatoms. The molecule has 2 amide bonds. The molecular weight excluding hydrogens is 441 g/mol. The second-order valence-electron chi connectivity index (χ2n) is 6.79. The van der Waals surface area contributed by atoms with Gasteiger partial charge in [-0.05, 0) is 29.9 Å². The summed E-state index contributed by atoms with van der Waals surface area (Å²) in [4.78, 5) is 41.9. The van der Waals surface area contributed by atoms with Crippen LogP contribution < -0.4 is 45.7 Å². The number of amides is 2. The Morgan fingerprint density at radius 2 is 2.13 bits per heavy atom. The Hall–Kier alpha value is -1.86. The molecule has 1 aromatic heterocycles. The van der Waals surface area contributed by atoms with Crippen molar-refractivity contribution in [2.24, 2.45) is 11.1 Å². The number of thioether (sulfide) groups is 1. The average molecular weight is 457 g/mol. The zero-order valence-electron chi connectivity index (χ0n) is 16.0. The number of nitrogen functional groups attached to an aromatic ring is 1. The number of fused-ring (bicyclic) bond motifs is 1. The van der Waals surface area contributed by atoms with Gasteiger partial charge in [0.2, 0.25) is 0 Å². The third-order valence-corrected chi connectivity index (χ3v) is 6.94. The quantitative estimate of drug-likeness (QED) is 0.129. The first-order valence-electron chi connectivity index (χ1n) is 8.66. The fourth-order valence-electron chi connectivity index (χ4n) is 3.35. The number of oxime groups is 1. The number of nitrogens with zero attached hydrogens (tertiary/aromatic N) is 3. The van der Waals surface area contributed by atoms with E-state index in [1.54, 1.807) is 0 Å². The zero-order valence-corrected chi connectivity index (χ0v) is 19.6. The molecule has 2 atom stereocenters. The Labute approximate surface area is 201 Å². The third-order valence-electron chi connectivity index (χ3n) is 4.99. The minimum absolute atomic E-state index is 0. The van der Waals surface area contributed by atoms with Crippen LogP contribution in [0.4, 0.5) is 5.13 Å². The molecule has 1 aliphatic carbocycles. The summed E-state index contributed by atoms with van der Waals surface area (Å²) in [7, 11) is 0. The van der Waals surface area contributed by atoms with Crippen molar-refractivity contribution in [3.8, 4) is 0 Å². The van der Waals surface area contributed by atoms with Gasteiger partial charge in [0.05, 0.1) is 11.7 Å². The van der Waals surface area contributed by atoms with Gasteiger partial charge in [-0.15, -0.1) is 23.1 Å². The van der Waals surface area contributed by atoms with Crippen molar-refractivity contribution in [2.45, 2.75) is 24.3 Å². The van der Waals surface area contributed by atoms with Gasteiger partial charge in [0, 0.05) is 11.1 Å². The summed E-state index contributed by atoms with van der Waals surface area (Å²) < 4.78 is 0. The Morgan fingerprint density at radius 1 is 1.43 bits per heavy atom. The number of β-lactam (4-membered cyclic amide) rings is 1. The van der Waals surface area contributed by atoms with Crippen molar-refractivity contribution in [2.75, 3.05) is 11.5 Å². The number of hydrogen-bond acceptors (Lipinski definition) is 10. The Morgan fingerprint density at radius 3 is 2.67 bits per heavy atom. The van der Waals surface area contributed by atoms with Crippen LogP contribution in [0.25, 0.3) is 0 Å². The number of aliphatic carboxylic acids is 1. The maximum Gasteiger partial charge on any atom is 1.00 e. The second-order valence-corrected chi connectivity index (χ2v) is 8.79. The van der Waals surface area contributed by atoms with E-state index in [0.717, 1.165) is 34.7 Å². The van der Waals surface area contributed by atoms with Crippen molar-refractivity contribution in [1.82, 2.24) is 15.2 Å². The molecule has 30 heavy (non-hydrogen) atoms. The van der Waals surface area contributed by atoms with Crippen LogP contribution >= 0.6 is 23.1 Å². The fraction of sp³-hybridized carbons (Fsp3) is 0.353. The summed E-state index contributed by atoms with van der Waals surface area (Å²) in [6.45, 7) is 3.99. The molecule has 3 aliphatic rings. The molecule has 0 spiro atoms. The largest absolute Gasteiger partial charge is 1.00 e. The number of carboxylic acids is 1. The summed E-state index contributed by atoms with van der Waals surface area (Å²) in [5, 5.41) is 27.4. The second kappa shape index (κ2) is 8.71. The number of rotatable bonds is 6. The number of anilines is 1. The van der Waals surface area contributed by atoms with Gasteiger partial charge in [-0.1, -0.05) is 11.7 Å². The van der Waals surface area contributed by atoms with E-state index in [9.17, 15) is 24.7 Å². The molecule has 152 valence electrons. The topological polar surface area (TPSA) is 161 Å². The molecule has 3 heterocycles. The first kappa shape index (κ1) is 22.8. The van der Waals surface area contributed by atoms with Gasteiger partial charge < -0.3 is 26.2 Å². The minimum Gasteiger partial charge on any atom is -0.543 e. The normalized spacial score (nSPS) is 23.3. The van der Waals surface area contributed by atoms with Crippen LogP contribution in [-0.2, 0) is 14.4 Å². The summed E-state index contributed by atoms with van der Waals surface area (Å²) in [5.74, 6) is -2.24. The van der Waals surface area contributed by atoms with Crippen LogP contribution in [0.15, 0.2) is 34.0 Å². The monoisotopic (exact) mass is 457 g/mol. The van der Waals surface area contributed by atoms with Crippen molar-refractivity contribution in [3.05, 3.63) is 34.5 Å². The van der Waals surface area contributed by atoms with Crippen LogP contribution in [0.1, 0.15) is 18.5 Å². The van der Waals surface area contributed by atoms with Crippen molar-refractivity contribution in [3.63, 3.8) is 0 Å². The average Bonchev–Trinajstić information content (AvgIpc) is 3.46. The Bertz CT molecular complexity index is 1000. The SMILES string of the molecule is C=C(C1=C(C(=O)[O-])N2C(=O)[C@@H](NC(=O)/C(=N\O)c3csc(N)n3)[C@H]2SC1)C1CC1.[Na+]. The van der Waals surface area contributed by atoms with Crippen LogP contribution in [0, 0.1) is 5.92 Å². The van der Waals surface area contributed by atoms with Crippen molar-refractivity contribution < 1.29 is 54.3 Å². The number of nitrogens with one attached hydrogen (secondary N) is 1.